The van der Waals surface area contributed by atoms with Crippen LogP contribution in [0.1, 0.15) is 66.4 Å². The van der Waals surface area contributed by atoms with E-state index in [1.54, 1.807) is 5.56 Å². The van der Waals surface area contributed by atoms with E-state index in [1.165, 1.54) is 53.4 Å². The summed E-state index contributed by atoms with van der Waals surface area (Å²) in [4.78, 5) is 11.3. The van der Waals surface area contributed by atoms with Gasteiger partial charge >= 0.3 is 0 Å². The topological polar surface area (TPSA) is 56.3 Å². The van der Waals surface area contributed by atoms with Gasteiger partial charge in [0.15, 0.2) is 0 Å². The molecule has 2 N–H and O–H groups in total. The van der Waals surface area contributed by atoms with Crippen molar-refractivity contribution in [2.24, 2.45) is 33.3 Å². The molecule has 256 valence electrons. The molecule has 4 aliphatic rings. The van der Waals surface area contributed by atoms with Gasteiger partial charge in [0.1, 0.15) is 0 Å². The molecule has 4 fully saturated rings. The highest BCUT2D eigenvalue weighted by molar-refractivity contribution is 7.10. The first-order valence-electron chi connectivity index (χ1n) is 18.7. The minimum absolute atomic E-state index is 0.821. The number of nitrogens with one attached hydrogen (secondary N) is 2. The fraction of sp³-hybridized carbons (Fsp3) is 0.261. The van der Waals surface area contributed by atoms with Crippen LogP contribution in [-0.2, 0) is 0 Å². The van der Waals surface area contributed by atoms with E-state index < -0.39 is 8.24 Å². The lowest BCUT2D eigenvalue weighted by atomic mass is 9.51. The standard InChI is InChI=1S/C24H22N2Si.C22H26N2/c1-20-17-18-21(26-20)19-25-27(22-11-5-2-6-12-22,23-13-7-3-8-14-23)24-15-9-4-10-16-24;1-14-2-5-21(24-14)13-23-20-6-3-17(4-7-20)22-18-9-15-8-16(11-18)12-19(22)10-15/h2-19,26H,1H3;2-7,13,15-16,18-19,22,24H,8-12H2,1H3. The van der Waals surface area contributed by atoms with Crippen LogP contribution in [0.25, 0.3) is 0 Å². The van der Waals surface area contributed by atoms with Gasteiger partial charge in [-0.15, -0.1) is 0 Å². The Bertz CT molecular complexity index is 1950. The fourth-order valence-electron chi connectivity index (χ4n) is 9.53. The molecule has 4 aromatic carbocycles. The Balaban J connectivity index is 0.000000147. The first-order chi connectivity index (χ1) is 25.0. The summed E-state index contributed by atoms with van der Waals surface area (Å²) in [5.74, 6) is 4.84. The highest BCUT2D eigenvalue weighted by Gasteiger charge is 2.48. The number of aliphatic imine (C=N–C) groups is 1. The number of aromatic nitrogens is 2. The van der Waals surface area contributed by atoms with Crippen LogP contribution in [-0.4, -0.2) is 30.6 Å². The van der Waals surface area contributed by atoms with Crippen LogP contribution in [0.5, 0.6) is 0 Å². The van der Waals surface area contributed by atoms with Gasteiger partial charge in [-0.3, -0.25) is 4.99 Å². The zero-order valence-corrected chi connectivity index (χ0v) is 30.8. The molecule has 0 unspecified atom stereocenters. The Kier molecular flexibility index (Phi) is 9.55. The molecule has 51 heavy (non-hydrogen) atoms. The summed E-state index contributed by atoms with van der Waals surface area (Å²) >= 11 is 0. The van der Waals surface area contributed by atoms with Crippen molar-refractivity contribution in [2.75, 3.05) is 0 Å². The predicted octanol–water partition coefficient (Wildman–Crippen LogP) is 9.02. The third-order valence-electron chi connectivity index (χ3n) is 11.5. The average Bonchev–Trinajstić information content (AvgIpc) is 3.79. The van der Waals surface area contributed by atoms with E-state index in [1.807, 2.05) is 12.4 Å². The summed E-state index contributed by atoms with van der Waals surface area (Å²) in [5, 5.41) is 3.84. The number of H-pyrrole nitrogens is 2. The number of rotatable bonds is 8. The number of hydrogen-bond acceptors (Lipinski definition) is 2. The van der Waals surface area contributed by atoms with Gasteiger partial charge in [0.2, 0.25) is 0 Å². The molecule has 4 bridgehead atoms. The van der Waals surface area contributed by atoms with Crippen molar-refractivity contribution < 1.29 is 0 Å². The summed E-state index contributed by atoms with van der Waals surface area (Å²) < 4.78 is 5.33. The van der Waals surface area contributed by atoms with Crippen molar-refractivity contribution in [1.29, 1.82) is 0 Å². The van der Waals surface area contributed by atoms with E-state index in [-0.39, 0.29) is 0 Å². The Morgan fingerprint density at radius 1 is 0.510 bits per heavy atom. The smallest absolute Gasteiger partial charge is 0.273 e. The minimum Gasteiger partial charge on any atom is -0.358 e. The molecule has 0 radical (unpaired) electrons. The van der Waals surface area contributed by atoms with E-state index in [0.717, 1.165) is 52.4 Å². The first-order valence-corrected chi connectivity index (χ1v) is 20.7. The van der Waals surface area contributed by atoms with Crippen LogP contribution in [0, 0.1) is 37.5 Å². The lowest BCUT2D eigenvalue weighted by Gasteiger charge is -2.54. The molecule has 4 saturated carbocycles. The summed E-state index contributed by atoms with van der Waals surface area (Å²) in [6.07, 6.45) is 11.4. The average molecular weight is 685 g/mol. The molecular weight excluding hydrogens is 637 g/mol. The van der Waals surface area contributed by atoms with Gasteiger partial charge in [0.05, 0.1) is 23.3 Å². The summed E-state index contributed by atoms with van der Waals surface area (Å²) in [6, 6.07) is 49.5. The quantitative estimate of drug-likeness (QED) is 0.0914. The van der Waals surface area contributed by atoms with Gasteiger partial charge in [-0.05, 0) is 133 Å². The van der Waals surface area contributed by atoms with Crippen molar-refractivity contribution in [2.45, 2.75) is 51.9 Å². The molecule has 4 nitrogen and oxygen atoms in total. The van der Waals surface area contributed by atoms with Crippen LogP contribution in [0.4, 0.5) is 5.69 Å². The van der Waals surface area contributed by atoms with Gasteiger partial charge in [-0.2, -0.15) is 0 Å². The van der Waals surface area contributed by atoms with Gasteiger partial charge in [-0.1, -0.05) is 103 Å². The van der Waals surface area contributed by atoms with Crippen LogP contribution in [0.3, 0.4) is 0 Å². The Hall–Kier alpha value is -5.00. The molecular formula is C46H48N4Si. The van der Waals surface area contributed by atoms with Gasteiger partial charge in [0, 0.05) is 17.6 Å². The van der Waals surface area contributed by atoms with Crippen molar-refractivity contribution >= 4 is 41.9 Å². The summed E-state index contributed by atoms with van der Waals surface area (Å²) in [5.41, 5.74) is 7.04. The van der Waals surface area contributed by atoms with Gasteiger partial charge in [-0.25, -0.2) is 0 Å². The molecule has 0 saturated heterocycles. The minimum atomic E-state index is -2.55. The molecule has 6 aromatic rings. The van der Waals surface area contributed by atoms with Crippen molar-refractivity contribution in [1.82, 2.24) is 9.97 Å². The van der Waals surface area contributed by atoms with E-state index >= 15 is 0 Å². The second-order valence-corrected chi connectivity index (χ2v) is 18.5. The Labute approximate surface area is 303 Å². The zero-order chi connectivity index (χ0) is 34.6. The number of aromatic amines is 2. The van der Waals surface area contributed by atoms with Gasteiger partial charge < -0.3 is 14.6 Å². The van der Waals surface area contributed by atoms with E-state index in [2.05, 4.69) is 168 Å². The van der Waals surface area contributed by atoms with E-state index in [4.69, 9.17) is 4.66 Å². The van der Waals surface area contributed by atoms with Crippen LogP contribution in [0.2, 0.25) is 0 Å². The molecule has 0 atom stereocenters. The Morgan fingerprint density at radius 2 is 0.961 bits per heavy atom. The normalized spacial score (nSPS) is 22.4. The van der Waals surface area contributed by atoms with E-state index in [9.17, 15) is 0 Å². The number of benzene rings is 4. The maximum absolute atomic E-state index is 5.33. The monoisotopic (exact) mass is 684 g/mol. The van der Waals surface area contributed by atoms with Crippen molar-refractivity contribution in [3.63, 3.8) is 0 Å². The molecule has 4 aliphatic carbocycles. The molecule has 10 rings (SSSR count). The lowest BCUT2D eigenvalue weighted by molar-refractivity contribution is -0.00277. The molecule has 0 spiro atoms. The van der Waals surface area contributed by atoms with Crippen molar-refractivity contribution in [3.8, 4) is 0 Å². The second-order valence-electron chi connectivity index (χ2n) is 15.1. The fourth-order valence-corrected chi connectivity index (χ4v) is 13.3. The maximum atomic E-state index is 5.33. The molecule has 5 heteroatoms. The molecule has 2 heterocycles. The van der Waals surface area contributed by atoms with Gasteiger partial charge in [0.25, 0.3) is 8.24 Å². The SMILES string of the molecule is Cc1ccc(C=N[Si](c2ccccc2)(c2ccccc2)c2ccccc2)[nH]1.Cc1ccc(C=Nc2ccc(C3C4CC5CC(C4)CC3C5)cc2)[nH]1. The third kappa shape index (κ3) is 7.13. The van der Waals surface area contributed by atoms with Crippen LogP contribution in [0.15, 0.2) is 149 Å². The number of nitrogens with zero attached hydrogens (tertiary/aromatic N) is 2. The highest BCUT2D eigenvalue weighted by Crippen LogP contribution is 2.59. The largest absolute Gasteiger partial charge is 0.358 e. The van der Waals surface area contributed by atoms with Crippen LogP contribution >= 0.6 is 0 Å². The Morgan fingerprint density at radius 3 is 1.39 bits per heavy atom. The first kappa shape index (κ1) is 33.2. The van der Waals surface area contributed by atoms with E-state index in [0.29, 0.717) is 0 Å². The molecule has 2 aromatic heterocycles. The maximum Gasteiger partial charge on any atom is 0.273 e. The highest BCUT2D eigenvalue weighted by atomic mass is 28.3. The molecule has 0 aliphatic heterocycles. The number of aryl methyl sites for hydroxylation is 2. The lowest BCUT2D eigenvalue weighted by Crippen LogP contribution is -2.66. The third-order valence-corrected chi connectivity index (χ3v) is 15.6. The summed E-state index contributed by atoms with van der Waals surface area (Å²) in [6.45, 7) is 4.13. The zero-order valence-electron chi connectivity index (χ0n) is 29.8. The predicted molar refractivity (Wildman–Crippen MR) is 216 cm³/mol. The number of hydrogen-bond donors (Lipinski definition) is 2. The molecule has 0 amide bonds. The second kappa shape index (κ2) is 14.7. The summed E-state index contributed by atoms with van der Waals surface area (Å²) in [7, 11) is -2.55. The van der Waals surface area contributed by atoms with Crippen molar-refractivity contribution in [3.05, 3.63) is 168 Å². The van der Waals surface area contributed by atoms with Crippen LogP contribution < -0.4 is 15.6 Å².